The minimum absolute atomic E-state index is 0.00475. The van der Waals surface area contributed by atoms with Crippen LogP contribution in [0.5, 0.6) is 5.75 Å². The summed E-state index contributed by atoms with van der Waals surface area (Å²) < 4.78 is 6.45. The van der Waals surface area contributed by atoms with Crippen LogP contribution in [-0.2, 0) is 9.59 Å². The van der Waals surface area contributed by atoms with Gasteiger partial charge in [0.1, 0.15) is 17.8 Å². The molecule has 0 aromatic heterocycles. The number of para-hydroxylation sites is 1. The average molecular weight is 596 g/mol. The Morgan fingerprint density at radius 3 is 2.11 bits per heavy atom. The summed E-state index contributed by atoms with van der Waals surface area (Å²) in [5, 5.41) is 3.17. The molecule has 1 aliphatic carbocycles. The van der Waals surface area contributed by atoms with Gasteiger partial charge in [-0.1, -0.05) is 75.2 Å². The normalized spacial score (nSPS) is 20.0. The quantitative estimate of drug-likeness (QED) is 0.261. The molecule has 5 rings (SSSR count). The van der Waals surface area contributed by atoms with Crippen LogP contribution in [0.3, 0.4) is 0 Å². The third kappa shape index (κ3) is 6.23. The molecule has 44 heavy (non-hydrogen) atoms. The highest BCUT2D eigenvalue weighted by Gasteiger charge is 2.64. The van der Waals surface area contributed by atoms with Gasteiger partial charge in [-0.25, -0.2) is 0 Å². The maximum absolute atomic E-state index is 13.6. The SMILES string of the molecule is CCCC(NC(=O)C1C(=O)C(CC)(CC)[C@@H]1Oc1ccc(C(=O)N2CCN(c3ccccc3)CC2)cc1)c1ccc(C)cc1. The molecule has 3 aromatic rings. The molecule has 1 aliphatic heterocycles. The second-order valence-corrected chi connectivity index (χ2v) is 12.1. The molecule has 7 nitrogen and oxygen atoms in total. The second kappa shape index (κ2) is 13.7. The van der Waals surface area contributed by atoms with Gasteiger partial charge in [-0.3, -0.25) is 14.4 Å². The molecule has 2 amide bonds. The second-order valence-electron chi connectivity index (χ2n) is 12.1. The number of carbonyl (C=O) groups excluding carboxylic acids is 3. The molecule has 0 bridgehead atoms. The number of Topliss-reactive ketones (excluding diaryl/α,β-unsaturated/α-hetero) is 1. The highest BCUT2D eigenvalue weighted by atomic mass is 16.5. The van der Waals surface area contributed by atoms with Gasteiger partial charge in [0, 0.05) is 37.4 Å². The van der Waals surface area contributed by atoms with Crippen LogP contribution in [0.2, 0.25) is 0 Å². The summed E-state index contributed by atoms with van der Waals surface area (Å²) in [7, 11) is 0. The van der Waals surface area contributed by atoms with Gasteiger partial charge >= 0.3 is 0 Å². The molecule has 2 aliphatic rings. The summed E-state index contributed by atoms with van der Waals surface area (Å²) in [6.07, 6.45) is 2.30. The molecule has 7 heteroatoms. The Hall–Kier alpha value is -4.13. The van der Waals surface area contributed by atoms with Gasteiger partial charge in [0.2, 0.25) is 5.91 Å². The van der Waals surface area contributed by atoms with Gasteiger partial charge in [-0.05, 0) is 68.1 Å². The zero-order valence-corrected chi connectivity index (χ0v) is 26.4. The lowest BCUT2D eigenvalue weighted by Crippen LogP contribution is -2.68. The number of amides is 2. The van der Waals surface area contributed by atoms with E-state index in [-0.39, 0.29) is 23.6 Å². The molecule has 2 unspecified atom stereocenters. The van der Waals surface area contributed by atoms with E-state index in [9.17, 15) is 14.4 Å². The van der Waals surface area contributed by atoms with Crippen molar-refractivity contribution >= 4 is 23.3 Å². The number of carbonyl (C=O) groups is 3. The predicted molar refractivity (Wildman–Crippen MR) is 174 cm³/mol. The van der Waals surface area contributed by atoms with E-state index in [0.717, 1.165) is 37.1 Å². The van der Waals surface area contributed by atoms with Gasteiger partial charge in [-0.2, -0.15) is 0 Å². The monoisotopic (exact) mass is 595 g/mol. The van der Waals surface area contributed by atoms with Crippen molar-refractivity contribution in [2.45, 2.75) is 65.5 Å². The third-order valence-corrected chi connectivity index (χ3v) is 9.59. The number of hydrogen-bond acceptors (Lipinski definition) is 5. The lowest BCUT2D eigenvalue weighted by molar-refractivity contribution is -0.173. The molecule has 2 fully saturated rings. The minimum Gasteiger partial charge on any atom is -0.488 e. The van der Waals surface area contributed by atoms with E-state index in [0.29, 0.717) is 37.2 Å². The Labute approximate surface area is 261 Å². The lowest BCUT2D eigenvalue weighted by Gasteiger charge is -2.51. The van der Waals surface area contributed by atoms with E-state index >= 15 is 0 Å². The van der Waals surface area contributed by atoms with E-state index in [1.54, 1.807) is 24.3 Å². The summed E-state index contributed by atoms with van der Waals surface area (Å²) in [4.78, 5) is 44.7. The lowest BCUT2D eigenvalue weighted by atomic mass is 9.55. The number of ketones is 1. The summed E-state index contributed by atoms with van der Waals surface area (Å²) in [6.45, 7) is 11.0. The Bertz CT molecular complexity index is 1430. The van der Waals surface area contributed by atoms with Crippen molar-refractivity contribution in [1.82, 2.24) is 10.2 Å². The van der Waals surface area contributed by atoms with E-state index in [1.807, 2.05) is 68.1 Å². The Morgan fingerprint density at radius 2 is 1.52 bits per heavy atom. The van der Waals surface area contributed by atoms with Crippen LogP contribution in [0.4, 0.5) is 5.69 Å². The topological polar surface area (TPSA) is 78.9 Å². The van der Waals surface area contributed by atoms with Crippen molar-refractivity contribution in [1.29, 1.82) is 0 Å². The predicted octanol–water partition coefficient (Wildman–Crippen LogP) is 6.37. The van der Waals surface area contributed by atoms with E-state index in [2.05, 4.69) is 29.3 Å². The molecule has 0 radical (unpaired) electrons. The largest absolute Gasteiger partial charge is 0.488 e. The van der Waals surface area contributed by atoms with E-state index in [1.165, 1.54) is 5.69 Å². The smallest absolute Gasteiger partial charge is 0.253 e. The molecule has 1 heterocycles. The van der Waals surface area contributed by atoms with E-state index < -0.39 is 17.4 Å². The summed E-state index contributed by atoms with van der Waals surface area (Å²) in [6, 6.07) is 25.4. The van der Waals surface area contributed by atoms with Crippen LogP contribution in [0, 0.1) is 18.3 Å². The molecule has 3 aromatic carbocycles. The molecular weight excluding hydrogens is 550 g/mol. The highest BCUT2D eigenvalue weighted by molar-refractivity contribution is 6.10. The number of nitrogens with one attached hydrogen (secondary N) is 1. The number of benzene rings is 3. The van der Waals surface area contributed by atoms with Crippen LogP contribution in [0.15, 0.2) is 78.9 Å². The molecule has 1 saturated carbocycles. The molecule has 232 valence electrons. The number of anilines is 1. The maximum Gasteiger partial charge on any atom is 0.253 e. The van der Waals surface area contributed by atoms with Gasteiger partial charge < -0.3 is 19.9 Å². The molecule has 1 N–H and O–H groups in total. The molecule has 1 saturated heterocycles. The standard InChI is InChI=1S/C37H45N3O4/c1-5-11-31(27-16-14-26(4)15-17-27)38-35(42)32-33(41)37(6-2,7-3)34(32)44-30-20-18-28(19-21-30)36(43)40-24-22-39(23-25-40)29-12-9-8-10-13-29/h8-10,12-21,31-32,34H,5-7,11,22-25H2,1-4H3,(H,38,42)/t31?,32?,34-/m1/s1. The zero-order valence-electron chi connectivity index (χ0n) is 26.4. The number of aryl methyl sites for hydroxylation is 1. The first-order chi connectivity index (χ1) is 21.3. The fraction of sp³-hybridized carbons (Fsp3) is 0.432. The Balaban J connectivity index is 1.25. The number of hydrogen-bond donors (Lipinski definition) is 1. The molecule has 3 atom stereocenters. The van der Waals surface area contributed by atoms with Crippen LogP contribution >= 0.6 is 0 Å². The van der Waals surface area contributed by atoms with Crippen molar-refractivity contribution in [3.63, 3.8) is 0 Å². The number of piperazine rings is 1. The molecular formula is C37H45N3O4. The highest BCUT2D eigenvalue weighted by Crippen LogP contribution is 2.50. The summed E-state index contributed by atoms with van der Waals surface area (Å²) in [5.74, 6) is -0.652. The van der Waals surface area contributed by atoms with Crippen LogP contribution in [0.1, 0.15) is 74.0 Å². The van der Waals surface area contributed by atoms with Crippen molar-refractivity contribution in [3.8, 4) is 5.75 Å². The van der Waals surface area contributed by atoms with Gasteiger partial charge in [-0.15, -0.1) is 0 Å². The van der Waals surface area contributed by atoms with Crippen molar-refractivity contribution in [3.05, 3.63) is 95.6 Å². The fourth-order valence-electron chi connectivity index (χ4n) is 6.73. The van der Waals surface area contributed by atoms with Crippen molar-refractivity contribution in [2.75, 3.05) is 31.1 Å². The van der Waals surface area contributed by atoms with Crippen LogP contribution in [-0.4, -0.2) is 54.8 Å². The first-order valence-electron chi connectivity index (χ1n) is 16.1. The summed E-state index contributed by atoms with van der Waals surface area (Å²) >= 11 is 0. The first kappa shape index (κ1) is 31.3. The van der Waals surface area contributed by atoms with E-state index in [4.69, 9.17) is 4.74 Å². The number of nitrogens with zero attached hydrogens (tertiary/aromatic N) is 2. The summed E-state index contributed by atoms with van der Waals surface area (Å²) in [5.41, 5.74) is 3.26. The average Bonchev–Trinajstić information content (AvgIpc) is 3.06. The Morgan fingerprint density at radius 1 is 0.886 bits per heavy atom. The first-order valence-corrected chi connectivity index (χ1v) is 16.1. The number of ether oxygens (including phenoxy) is 1. The zero-order chi connectivity index (χ0) is 31.3. The van der Waals surface area contributed by atoms with Gasteiger partial charge in [0.05, 0.1) is 11.5 Å². The van der Waals surface area contributed by atoms with Gasteiger partial charge in [0.25, 0.3) is 5.91 Å². The Kier molecular flexibility index (Phi) is 9.72. The fourth-order valence-corrected chi connectivity index (χ4v) is 6.73. The van der Waals surface area contributed by atoms with Crippen molar-refractivity contribution in [2.24, 2.45) is 11.3 Å². The van der Waals surface area contributed by atoms with Crippen molar-refractivity contribution < 1.29 is 19.1 Å². The number of rotatable bonds is 11. The third-order valence-electron chi connectivity index (χ3n) is 9.59. The maximum atomic E-state index is 13.6. The van der Waals surface area contributed by atoms with Crippen LogP contribution < -0.4 is 15.0 Å². The minimum atomic E-state index is -0.873. The van der Waals surface area contributed by atoms with Crippen LogP contribution in [0.25, 0.3) is 0 Å². The van der Waals surface area contributed by atoms with Gasteiger partial charge in [0.15, 0.2) is 5.78 Å². The molecule has 0 spiro atoms.